The molecule has 1 heterocycles. The number of rotatable bonds is 5. The fraction of sp³-hybridized carbons (Fsp3) is 0.500. The second-order valence-electron chi connectivity index (χ2n) is 4.14. The normalized spacial score (nSPS) is 13.7. The van der Waals surface area contributed by atoms with Crippen LogP contribution < -0.4 is 0 Å². The zero-order valence-corrected chi connectivity index (χ0v) is 10.8. The molecule has 0 saturated carbocycles. The van der Waals surface area contributed by atoms with Crippen molar-refractivity contribution in [3.05, 3.63) is 24.3 Å². The van der Waals surface area contributed by atoms with Crippen molar-refractivity contribution in [3.63, 3.8) is 0 Å². The molecule has 0 spiro atoms. The number of amides is 1. The summed E-state index contributed by atoms with van der Waals surface area (Å²) < 4.78 is 0. The molecule has 18 heavy (non-hydrogen) atoms. The monoisotopic (exact) mass is 251 g/mol. The largest absolute Gasteiger partial charge is 0.479 e. The Kier molecular flexibility index (Phi) is 4.36. The van der Waals surface area contributed by atoms with Gasteiger partial charge in [-0.1, -0.05) is 6.92 Å². The first-order chi connectivity index (χ1) is 8.44. The van der Waals surface area contributed by atoms with Gasteiger partial charge in [0.25, 0.3) is 0 Å². The number of carbonyl (C=O) groups is 2. The molecule has 0 bridgehead atoms. The summed E-state index contributed by atoms with van der Waals surface area (Å²) in [5.41, 5.74) is -1.24. The van der Waals surface area contributed by atoms with E-state index in [1.165, 1.54) is 37.3 Å². The highest BCUT2D eigenvalue weighted by Crippen LogP contribution is 2.27. The molecule has 0 fully saturated rings. The molecule has 0 radical (unpaired) electrons. The number of aromatic nitrogens is 2. The Balaban J connectivity index is 3.30. The van der Waals surface area contributed by atoms with Crippen molar-refractivity contribution in [2.24, 2.45) is 0 Å². The minimum absolute atomic E-state index is 0.251. The lowest BCUT2D eigenvalue weighted by Crippen LogP contribution is -2.52. The van der Waals surface area contributed by atoms with E-state index in [9.17, 15) is 14.7 Å². The third-order valence-corrected chi connectivity index (χ3v) is 2.85. The van der Waals surface area contributed by atoms with E-state index in [0.717, 1.165) is 0 Å². The Morgan fingerprint density at radius 2 is 2.11 bits per heavy atom. The summed E-state index contributed by atoms with van der Waals surface area (Å²) in [6, 6.07) is 0. The lowest BCUT2D eigenvalue weighted by Gasteiger charge is -2.36. The van der Waals surface area contributed by atoms with Gasteiger partial charge in [0.1, 0.15) is 0 Å². The van der Waals surface area contributed by atoms with Gasteiger partial charge in [0, 0.05) is 25.9 Å². The first-order valence-electron chi connectivity index (χ1n) is 5.72. The van der Waals surface area contributed by atoms with Crippen LogP contribution in [0.3, 0.4) is 0 Å². The van der Waals surface area contributed by atoms with Crippen LogP contribution in [0.4, 0.5) is 0 Å². The Morgan fingerprint density at radius 1 is 1.44 bits per heavy atom. The number of nitrogens with zero attached hydrogens (tertiary/aromatic N) is 3. The van der Waals surface area contributed by atoms with Crippen molar-refractivity contribution >= 4 is 11.9 Å². The van der Waals surface area contributed by atoms with E-state index in [2.05, 4.69) is 9.97 Å². The van der Waals surface area contributed by atoms with Crippen LogP contribution in [0.2, 0.25) is 0 Å². The van der Waals surface area contributed by atoms with E-state index < -0.39 is 11.5 Å². The van der Waals surface area contributed by atoms with E-state index in [-0.39, 0.29) is 11.6 Å². The standard InChI is InChI=1S/C12H17N3O3/c1-4-7-15(9(2)16)12(3,11(17)18)10-8-13-5-6-14-10/h5-6,8H,4,7H2,1-3H3,(H,17,18). The molecule has 6 heteroatoms. The summed E-state index contributed by atoms with van der Waals surface area (Å²) in [6.07, 6.45) is 4.92. The number of hydrogen-bond acceptors (Lipinski definition) is 4. The number of carboxylic acid groups (broad SMARTS) is 1. The predicted molar refractivity (Wildman–Crippen MR) is 64.7 cm³/mol. The highest BCUT2D eigenvalue weighted by atomic mass is 16.4. The number of carboxylic acids is 1. The van der Waals surface area contributed by atoms with Crippen molar-refractivity contribution in [3.8, 4) is 0 Å². The highest BCUT2D eigenvalue weighted by Gasteiger charge is 2.44. The van der Waals surface area contributed by atoms with Crippen LogP contribution in [0.15, 0.2) is 18.6 Å². The lowest BCUT2D eigenvalue weighted by molar-refractivity contribution is -0.158. The van der Waals surface area contributed by atoms with E-state index in [1.807, 2.05) is 6.92 Å². The zero-order valence-electron chi connectivity index (χ0n) is 10.8. The molecule has 1 aromatic rings. The predicted octanol–water partition coefficient (Wildman–Crippen LogP) is 1.03. The molecule has 0 aliphatic rings. The Hall–Kier alpha value is -1.98. The first kappa shape index (κ1) is 14.1. The summed E-state index contributed by atoms with van der Waals surface area (Å²) in [5.74, 6) is -1.42. The Labute approximate surface area is 106 Å². The van der Waals surface area contributed by atoms with Crippen LogP contribution in [0.1, 0.15) is 32.9 Å². The number of carbonyl (C=O) groups excluding carboxylic acids is 1. The Morgan fingerprint density at radius 3 is 2.50 bits per heavy atom. The average Bonchev–Trinajstić information content (AvgIpc) is 2.35. The zero-order chi connectivity index (χ0) is 13.8. The van der Waals surface area contributed by atoms with Gasteiger partial charge in [-0.2, -0.15) is 0 Å². The molecule has 0 aromatic carbocycles. The molecule has 0 saturated heterocycles. The molecule has 1 amide bonds. The fourth-order valence-corrected chi connectivity index (χ4v) is 1.83. The van der Waals surface area contributed by atoms with Crippen LogP contribution >= 0.6 is 0 Å². The van der Waals surface area contributed by atoms with Crippen molar-refractivity contribution < 1.29 is 14.7 Å². The van der Waals surface area contributed by atoms with Crippen LogP contribution in [0.25, 0.3) is 0 Å². The summed E-state index contributed by atoms with van der Waals surface area (Å²) in [4.78, 5) is 32.5. The van der Waals surface area contributed by atoms with Crippen LogP contribution in [-0.4, -0.2) is 38.4 Å². The van der Waals surface area contributed by atoms with Crippen molar-refractivity contribution in [1.29, 1.82) is 0 Å². The molecular weight excluding hydrogens is 234 g/mol. The minimum Gasteiger partial charge on any atom is -0.479 e. The summed E-state index contributed by atoms with van der Waals surface area (Å²) >= 11 is 0. The van der Waals surface area contributed by atoms with Gasteiger partial charge in [-0.3, -0.25) is 14.8 Å². The van der Waals surface area contributed by atoms with Gasteiger partial charge in [0.2, 0.25) is 5.91 Å². The number of aliphatic carboxylic acids is 1. The first-order valence-corrected chi connectivity index (χ1v) is 5.72. The van der Waals surface area contributed by atoms with Gasteiger partial charge in [-0.25, -0.2) is 4.79 Å². The second kappa shape index (κ2) is 5.57. The lowest BCUT2D eigenvalue weighted by atomic mass is 9.95. The van der Waals surface area contributed by atoms with Gasteiger partial charge in [-0.05, 0) is 13.3 Å². The van der Waals surface area contributed by atoms with E-state index in [4.69, 9.17) is 0 Å². The molecule has 98 valence electrons. The molecule has 1 aromatic heterocycles. The molecule has 1 rings (SSSR count). The molecule has 1 N–H and O–H groups in total. The summed E-state index contributed by atoms with van der Waals surface area (Å²) in [6.45, 7) is 5.06. The highest BCUT2D eigenvalue weighted by molar-refractivity contribution is 5.86. The van der Waals surface area contributed by atoms with Crippen LogP contribution in [0, 0.1) is 0 Å². The second-order valence-corrected chi connectivity index (χ2v) is 4.14. The smallest absolute Gasteiger partial charge is 0.335 e. The van der Waals surface area contributed by atoms with Crippen LogP contribution in [-0.2, 0) is 15.1 Å². The van der Waals surface area contributed by atoms with E-state index in [1.54, 1.807) is 0 Å². The maximum atomic E-state index is 11.7. The van der Waals surface area contributed by atoms with Crippen LogP contribution in [0.5, 0.6) is 0 Å². The third-order valence-electron chi connectivity index (χ3n) is 2.85. The maximum absolute atomic E-state index is 11.7. The van der Waals surface area contributed by atoms with Crippen molar-refractivity contribution in [2.75, 3.05) is 6.54 Å². The van der Waals surface area contributed by atoms with Crippen molar-refractivity contribution in [2.45, 2.75) is 32.7 Å². The van der Waals surface area contributed by atoms with E-state index >= 15 is 0 Å². The SMILES string of the molecule is CCCN(C(C)=O)C(C)(C(=O)O)c1cnccn1. The summed E-state index contributed by atoms with van der Waals surface area (Å²) in [5, 5.41) is 9.47. The average molecular weight is 251 g/mol. The van der Waals surface area contributed by atoms with Gasteiger partial charge in [0.05, 0.1) is 11.9 Å². The van der Waals surface area contributed by atoms with Gasteiger partial charge < -0.3 is 10.0 Å². The molecule has 0 aliphatic carbocycles. The molecule has 1 atom stereocenters. The summed E-state index contributed by atoms with van der Waals surface area (Å²) in [7, 11) is 0. The van der Waals surface area contributed by atoms with Gasteiger partial charge in [-0.15, -0.1) is 0 Å². The topological polar surface area (TPSA) is 83.4 Å². The van der Waals surface area contributed by atoms with Crippen molar-refractivity contribution in [1.82, 2.24) is 14.9 Å². The minimum atomic E-state index is -1.49. The molecule has 6 nitrogen and oxygen atoms in total. The third kappa shape index (κ3) is 2.47. The molecule has 1 unspecified atom stereocenters. The maximum Gasteiger partial charge on any atom is 0.335 e. The quantitative estimate of drug-likeness (QED) is 0.845. The van der Waals surface area contributed by atoms with Gasteiger partial charge in [0.15, 0.2) is 5.54 Å². The fourth-order valence-electron chi connectivity index (χ4n) is 1.83. The molecule has 0 aliphatic heterocycles. The Bertz CT molecular complexity index is 435. The number of hydrogen-bond donors (Lipinski definition) is 1. The molecular formula is C12H17N3O3. The van der Waals surface area contributed by atoms with Gasteiger partial charge >= 0.3 is 5.97 Å². The van der Waals surface area contributed by atoms with E-state index in [0.29, 0.717) is 13.0 Å².